The van der Waals surface area contributed by atoms with Crippen LogP contribution in [0.4, 0.5) is 0 Å². The Morgan fingerprint density at radius 2 is 1.90 bits per heavy atom. The number of carbonyl (C=O) groups is 1. The summed E-state index contributed by atoms with van der Waals surface area (Å²) in [5.74, 6) is 0.784. The summed E-state index contributed by atoms with van der Waals surface area (Å²) in [6.07, 6.45) is 6.33. The zero-order chi connectivity index (χ0) is 14.8. The molecule has 0 saturated heterocycles. The van der Waals surface area contributed by atoms with E-state index < -0.39 is 0 Å². The molecule has 1 unspecified atom stereocenters. The Hall–Kier alpha value is -0.570. The summed E-state index contributed by atoms with van der Waals surface area (Å²) in [6.45, 7) is 8.63. The summed E-state index contributed by atoms with van der Waals surface area (Å²) in [5, 5.41) is 13.7. The maximum absolute atomic E-state index is 11.6. The summed E-state index contributed by atoms with van der Waals surface area (Å²) in [5.41, 5.74) is 0.587. The molecule has 1 spiro atoms. The van der Waals surface area contributed by atoms with E-state index in [1.54, 1.807) is 6.92 Å². The van der Waals surface area contributed by atoms with Gasteiger partial charge in [0.15, 0.2) is 0 Å². The maximum Gasteiger partial charge on any atom is 0.217 e. The van der Waals surface area contributed by atoms with Crippen molar-refractivity contribution in [2.75, 3.05) is 0 Å². The summed E-state index contributed by atoms with van der Waals surface area (Å²) in [4.78, 5) is 11.6. The first-order chi connectivity index (χ1) is 9.20. The van der Waals surface area contributed by atoms with Gasteiger partial charge in [-0.15, -0.1) is 0 Å². The van der Waals surface area contributed by atoms with Gasteiger partial charge in [0.1, 0.15) is 0 Å². The van der Waals surface area contributed by atoms with Crippen LogP contribution in [-0.2, 0) is 4.79 Å². The molecule has 3 aliphatic carbocycles. The fourth-order valence-electron chi connectivity index (χ4n) is 6.05. The largest absolute Gasteiger partial charge is 0.393 e. The van der Waals surface area contributed by atoms with Crippen LogP contribution in [-0.4, -0.2) is 23.2 Å². The third-order valence-electron chi connectivity index (χ3n) is 6.86. The van der Waals surface area contributed by atoms with Gasteiger partial charge in [-0.25, -0.2) is 0 Å². The first kappa shape index (κ1) is 14.4. The van der Waals surface area contributed by atoms with Crippen LogP contribution in [0.3, 0.4) is 0 Å². The second kappa shape index (κ2) is 4.22. The number of hydrogen-bond acceptors (Lipinski definition) is 2. The van der Waals surface area contributed by atoms with Crippen molar-refractivity contribution in [2.24, 2.45) is 22.2 Å². The molecule has 2 N–H and O–H groups in total. The normalized spacial score (nSPS) is 49.5. The first-order valence-corrected chi connectivity index (χ1v) is 8.15. The molecule has 5 atom stereocenters. The lowest BCUT2D eigenvalue weighted by molar-refractivity contribution is -0.131. The van der Waals surface area contributed by atoms with Crippen molar-refractivity contribution in [3.05, 3.63) is 0 Å². The van der Waals surface area contributed by atoms with E-state index in [1.807, 2.05) is 0 Å². The first-order valence-electron chi connectivity index (χ1n) is 8.15. The molecule has 3 aliphatic rings. The van der Waals surface area contributed by atoms with Gasteiger partial charge in [0.05, 0.1) is 6.10 Å². The van der Waals surface area contributed by atoms with Gasteiger partial charge in [-0.2, -0.15) is 0 Å². The molecule has 20 heavy (non-hydrogen) atoms. The molecule has 3 saturated carbocycles. The molecular weight excluding hydrogens is 250 g/mol. The van der Waals surface area contributed by atoms with Crippen molar-refractivity contribution in [1.82, 2.24) is 5.32 Å². The van der Waals surface area contributed by atoms with Crippen LogP contribution in [0, 0.1) is 22.2 Å². The molecule has 0 heterocycles. The molecule has 1 amide bonds. The predicted octanol–water partition coefficient (Wildman–Crippen LogP) is 2.87. The number of rotatable bonds is 1. The molecule has 0 radical (unpaired) electrons. The van der Waals surface area contributed by atoms with Gasteiger partial charge in [-0.3, -0.25) is 4.79 Å². The summed E-state index contributed by atoms with van der Waals surface area (Å²) in [6, 6.07) is 0.298. The Bertz CT molecular complexity index is 433. The number of amides is 1. The fraction of sp³-hybridized carbons (Fsp3) is 0.941. The van der Waals surface area contributed by atoms with E-state index in [9.17, 15) is 9.90 Å². The summed E-state index contributed by atoms with van der Waals surface area (Å²) < 4.78 is 0. The molecule has 114 valence electrons. The number of hydrogen-bond donors (Lipinski definition) is 2. The van der Waals surface area contributed by atoms with Crippen LogP contribution in [0.2, 0.25) is 0 Å². The second-order valence-electron chi connectivity index (χ2n) is 8.66. The smallest absolute Gasteiger partial charge is 0.217 e. The Balaban J connectivity index is 1.98. The van der Waals surface area contributed by atoms with E-state index in [0.717, 1.165) is 32.1 Å². The van der Waals surface area contributed by atoms with Crippen molar-refractivity contribution in [3.63, 3.8) is 0 Å². The lowest BCUT2D eigenvalue weighted by atomic mass is 9.49. The molecule has 3 fully saturated rings. The van der Waals surface area contributed by atoms with Crippen LogP contribution < -0.4 is 5.32 Å². The van der Waals surface area contributed by atoms with Crippen LogP contribution >= 0.6 is 0 Å². The highest BCUT2D eigenvalue weighted by atomic mass is 16.3. The molecule has 0 aromatic rings. The Labute approximate surface area is 122 Å². The zero-order valence-electron chi connectivity index (χ0n) is 13.3. The Morgan fingerprint density at radius 3 is 2.55 bits per heavy atom. The third-order valence-corrected chi connectivity index (χ3v) is 6.86. The highest BCUT2D eigenvalue weighted by molar-refractivity contribution is 5.73. The van der Waals surface area contributed by atoms with Gasteiger partial charge in [0.25, 0.3) is 0 Å². The van der Waals surface area contributed by atoms with Gasteiger partial charge in [-0.1, -0.05) is 20.8 Å². The van der Waals surface area contributed by atoms with E-state index in [0.29, 0.717) is 17.4 Å². The van der Waals surface area contributed by atoms with Gasteiger partial charge in [-0.05, 0) is 60.7 Å². The van der Waals surface area contributed by atoms with Gasteiger partial charge in [0, 0.05) is 13.0 Å². The number of nitrogens with one attached hydrogen (secondary N) is 1. The molecular formula is C17H29NO2. The van der Waals surface area contributed by atoms with Crippen molar-refractivity contribution in [1.29, 1.82) is 0 Å². The average Bonchev–Trinajstić information content (AvgIpc) is 2.51. The lowest BCUT2D eigenvalue weighted by Crippen LogP contribution is -2.57. The lowest BCUT2D eigenvalue weighted by Gasteiger charge is -2.58. The molecule has 0 aliphatic heterocycles. The highest BCUT2D eigenvalue weighted by Crippen LogP contribution is 2.68. The third kappa shape index (κ3) is 1.85. The second-order valence-corrected chi connectivity index (χ2v) is 8.66. The molecule has 3 nitrogen and oxygen atoms in total. The minimum atomic E-state index is -0.157. The van der Waals surface area contributed by atoms with E-state index in [2.05, 4.69) is 26.1 Å². The quantitative estimate of drug-likeness (QED) is 0.775. The van der Waals surface area contributed by atoms with Crippen LogP contribution in [0.1, 0.15) is 66.2 Å². The Morgan fingerprint density at radius 1 is 1.20 bits per heavy atom. The summed E-state index contributed by atoms with van der Waals surface area (Å²) >= 11 is 0. The monoisotopic (exact) mass is 279 g/mol. The molecule has 3 rings (SSSR count). The molecule has 3 heteroatoms. The predicted molar refractivity (Wildman–Crippen MR) is 79.1 cm³/mol. The number of fused-ring (bicyclic) bond motifs is 1. The molecule has 0 aromatic carbocycles. The number of aliphatic hydroxyl groups is 1. The highest BCUT2D eigenvalue weighted by Gasteiger charge is 2.64. The average molecular weight is 279 g/mol. The minimum absolute atomic E-state index is 0.0614. The van der Waals surface area contributed by atoms with Crippen molar-refractivity contribution in [2.45, 2.75) is 78.4 Å². The van der Waals surface area contributed by atoms with Crippen molar-refractivity contribution in [3.8, 4) is 0 Å². The molecule has 0 aromatic heterocycles. The SMILES string of the molecule is CC(=O)N[C@H]1CC(C)(C)[C@@H]2CCC3(C)C[C@]12CC[C@@H]3O. The van der Waals surface area contributed by atoms with E-state index >= 15 is 0 Å². The summed E-state index contributed by atoms with van der Waals surface area (Å²) in [7, 11) is 0. The van der Waals surface area contributed by atoms with Crippen LogP contribution in [0.25, 0.3) is 0 Å². The Kier molecular flexibility index (Phi) is 3.03. The van der Waals surface area contributed by atoms with E-state index in [-0.39, 0.29) is 22.8 Å². The maximum atomic E-state index is 11.6. The van der Waals surface area contributed by atoms with Crippen LogP contribution in [0.15, 0.2) is 0 Å². The van der Waals surface area contributed by atoms with Crippen molar-refractivity contribution < 1.29 is 9.90 Å². The zero-order valence-corrected chi connectivity index (χ0v) is 13.3. The topological polar surface area (TPSA) is 49.3 Å². The molecule has 2 bridgehead atoms. The standard InChI is InChI=1S/C17H29NO2/c1-11(19)18-13-9-15(2,3)12-5-7-16(4)10-17(12,13)8-6-14(16)20/h12-14,20H,5-10H2,1-4H3,(H,18,19)/t12-,13-,14-,16?,17-/m0/s1. The van der Waals surface area contributed by atoms with Gasteiger partial charge in [0.2, 0.25) is 5.91 Å². The van der Waals surface area contributed by atoms with E-state index in [4.69, 9.17) is 0 Å². The van der Waals surface area contributed by atoms with Gasteiger partial charge >= 0.3 is 0 Å². The minimum Gasteiger partial charge on any atom is -0.393 e. The fourth-order valence-corrected chi connectivity index (χ4v) is 6.05. The number of carbonyl (C=O) groups excluding carboxylic acids is 1. The van der Waals surface area contributed by atoms with Crippen LogP contribution in [0.5, 0.6) is 0 Å². The van der Waals surface area contributed by atoms with E-state index in [1.165, 1.54) is 6.42 Å². The number of aliphatic hydroxyl groups excluding tert-OH is 1. The van der Waals surface area contributed by atoms with Gasteiger partial charge < -0.3 is 10.4 Å². The van der Waals surface area contributed by atoms with Crippen molar-refractivity contribution >= 4 is 5.91 Å².